The van der Waals surface area contributed by atoms with Gasteiger partial charge in [-0.25, -0.2) is 0 Å². The van der Waals surface area contributed by atoms with Crippen molar-refractivity contribution in [3.05, 3.63) is 35.9 Å². The summed E-state index contributed by atoms with van der Waals surface area (Å²) in [5.74, 6) is 6.61. The molecule has 3 heteroatoms. The van der Waals surface area contributed by atoms with E-state index in [-0.39, 0.29) is 0 Å². The van der Waals surface area contributed by atoms with Crippen LogP contribution in [0.2, 0.25) is 0 Å². The van der Waals surface area contributed by atoms with Crippen molar-refractivity contribution >= 4 is 23.5 Å². The molecular formula is C28H40OS2. The molecule has 0 N–H and O–H groups in total. The fourth-order valence-electron chi connectivity index (χ4n) is 8.95. The summed E-state index contributed by atoms with van der Waals surface area (Å²) in [6.45, 7) is 6.12. The fourth-order valence-corrected chi connectivity index (χ4v) is 12.3. The predicted molar refractivity (Wildman–Crippen MR) is 134 cm³/mol. The van der Waals surface area contributed by atoms with Crippen LogP contribution in [0.15, 0.2) is 30.3 Å². The van der Waals surface area contributed by atoms with E-state index in [9.17, 15) is 0 Å². The van der Waals surface area contributed by atoms with Crippen LogP contribution in [0.25, 0.3) is 0 Å². The van der Waals surface area contributed by atoms with Gasteiger partial charge in [0.1, 0.15) is 0 Å². The Morgan fingerprint density at radius 3 is 2.42 bits per heavy atom. The first-order valence-electron chi connectivity index (χ1n) is 13.0. The highest BCUT2D eigenvalue weighted by Crippen LogP contribution is 2.69. The lowest BCUT2D eigenvalue weighted by atomic mass is 9.45. The van der Waals surface area contributed by atoms with Crippen LogP contribution in [0.1, 0.15) is 77.2 Å². The van der Waals surface area contributed by atoms with Crippen molar-refractivity contribution in [1.82, 2.24) is 0 Å². The van der Waals surface area contributed by atoms with Crippen LogP contribution in [0.5, 0.6) is 0 Å². The Bertz CT molecular complexity index is 789. The molecule has 1 aromatic carbocycles. The molecule has 1 aliphatic heterocycles. The third kappa shape index (κ3) is 3.46. The lowest BCUT2D eigenvalue weighted by Crippen LogP contribution is -2.55. The number of ether oxygens (including phenoxy) is 1. The highest BCUT2D eigenvalue weighted by molar-refractivity contribution is 8.21. The number of benzene rings is 1. The zero-order chi connectivity index (χ0) is 21.1. The molecule has 170 valence electrons. The van der Waals surface area contributed by atoms with Gasteiger partial charge in [-0.1, -0.05) is 44.2 Å². The molecule has 6 rings (SSSR count). The molecule has 0 radical (unpaired) electrons. The lowest BCUT2D eigenvalue weighted by molar-refractivity contribution is -0.133. The quantitative estimate of drug-likeness (QED) is 0.459. The van der Waals surface area contributed by atoms with Crippen molar-refractivity contribution in [1.29, 1.82) is 0 Å². The minimum atomic E-state index is 0.409. The van der Waals surface area contributed by atoms with Crippen LogP contribution in [0.4, 0.5) is 0 Å². The SMILES string of the molecule is C[C@]12CCC3(C[C@@H]1CC[C@@H]1[C@@H]2CC[C@]2(C)[C@@H](OCc4ccccc4)CC[C@@H]12)SCCS3. The second kappa shape index (κ2) is 7.98. The smallest absolute Gasteiger partial charge is 0.0720 e. The maximum absolute atomic E-state index is 6.63. The normalized spacial score (nSPS) is 45.8. The van der Waals surface area contributed by atoms with Crippen LogP contribution in [-0.2, 0) is 11.3 Å². The fraction of sp³-hybridized carbons (Fsp3) is 0.786. The van der Waals surface area contributed by atoms with E-state index in [1.807, 2.05) is 0 Å². The van der Waals surface area contributed by atoms with Gasteiger partial charge in [0.05, 0.1) is 16.8 Å². The van der Waals surface area contributed by atoms with E-state index < -0.39 is 0 Å². The highest BCUT2D eigenvalue weighted by atomic mass is 32.2. The standard InChI is InChI=1S/C28H40OS2/c1-26-14-15-28(30-16-17-31-28)18-21(26)8-9-22-23-10-11-25(27(23,2)13-12-24(22)26)29-19-20-6-4-3-5-7-20/h3-7,21-25H,8-19H2,1-2H3/t21-,22-,23-,24-,25-,26-,27-/m0/s1. The second-order valence-electron chi connectivity index (χ2n) is 11.9. The molecule has 31 heavy (non-hydrogen) atoms. The minimum Gasteiger partial charge on any atom is -0.373 e. The molecule has 4 saturated carbocycles. The van der Waals surface area contributed by atoms with E-state index in [0.29, 0.717) is 21.0 Å². The first-order valence-corrected chi connectivity index (χ1v) is 14.9. The monoisotopic (exact) mass is 456 g/mol. The van der Waals surface area contributed by atoms with Crippen molar-refractivity contribution in [3.63, 3.8) is 0 Å². The zero-order valence-corrected chi connectivity index (χ0v) is 21.1. The van der Waals surface area contributed by atoms with E-state index in [0.717, 1.165) is 30.3 Å². The van der Waals surface area contributed by atoms with Crippen molar-refractivity contribution in [3.8, 4) is 0 Å². The molecule has 1 heterocycles. The molecule has 5 aliphatic rings. The zero-order valence-electron chi connectivity index (χ0n) is 19.5. The molecule has 0 amide bonds. The van der Waals surface area contributed by atoms with Crippen molar-refractivity contribution in [2.75, 3.05) is 11.5 Å². The molecule has 0 bridgehead atoms. The minimum absolute atomic E-state index is 0.409. The largest absolute Gasteiger partial charge is 0.373 e. The van der Waals surface area contributed by atoms with E-state index >= 15 is 0 Å². The van der Waals surface area contributed by atoms with Gasteiger partial charge in [0.15, 0.2) is 0 Å². The van der Waals surface area contributed by atoms with Crippen LogP contribution in [0.3, 0.4) is 0 Å². The van der Waals surface area contributed by atoms with E-state index in [4.69, 9.17) is 4.74 Å². The topological polar surface area (TPSA) is 9.23 Å². The third-order valence-electron chi connectivity index (χ3n) is 10.7. The highest BCUT2D eigenvalue weighted by Gasteiger charge is 2.62. The van der Waals surface area contributed by atoms with Gasteiger partial charge in [-0.3, -0.25) is 0 Å². The lowest BCUT2D eigenvalue weighted by Gasteiger charge is -2.62. The van der Waals surface area contributed by atoms with Gasteiger partial charge in [0.25, 0.3) is 0 Å². The van der Waals surface area contributed by atoms with Crippen LogP contribution < -0.4 is 0 Å². The van der Waals surface area contributed by atoms with Crippen molar-refractivity contribution in [2.24, 2.45) is 34.5 Å². The summed E-state index contributed by atoms with van der Waals surface area (Å²) in [6, 6.07) is 10.8. The van der Waals surface area contributed by atoms with E-state index in [2.05, 4.69) is 67.7 Å². The average molecular weight is 457 g/mol. The van der Waals surface area contributed by atoms with Crippen molar-refractivity contribution < 1.29 is 4.74 Å². The van der Waals surface area contributed by atoms with Crippen LogP contribution in [-0.4, -0.2) is 21.7 Å². The first-order chi connectivity index (χ1) is 15.0. The Kier molecular flexibility index (Phi) is 5.51. The van der Waals surface area contributed by atoms with Gasteiger partial charge in [-0.2, -0.15) is 0 Å². The number of fused-ring (bicyclic) bond motifs is 5. The summed E-state index contributed by atoms with van der Waals surface area (Å²) in [5, 5.41) is 0. The third-order valence-corrected chi connectivity index (χ3v) is 14.3. The van der Waals surface area contributed by atoms with Crippen LogP contribution in [0, 0.1) is 34.5 Å². The van der Waals surface area contributed by atoms with Gasteiger partial charge in [-0.15, -0.1) is 23.5 Å². The Morgan fingerprint density at radius 2 is 1.61 bits per heavy atom. The van der Waals surface area contributed by atoms with Gasteiger partial charge < -0.3 is 4.74 Å². The molecule has 1 aromatic rings. The molecule has 1 spiro atoms. The van der Waals surface area contributed by atoms with E-state index in [1.165, 1.54) is 74.9 Å². The molecular weight excluding hydrogens is 416 g/mol. The predicted octanol–water partition coefficient (Wildman–Crippen LogP) is 7.79. The van der Waals surface area contributed by atoms with E-state index in [1.54, 1.807) is 0 Å². The Morgan fingerprint density at radius 1 is 0.839 bits per heavy atom. The maximum atomic E-state index is 6.63. The van der Waals surface area contributed by atoms with Gasteiger partial charge in [-0.05, 0) is 97.9 Å². The number of hydrogen-bond donors (Lipinski definition) is 0. The number of thioether (sulfide) groups is 2. The van der Waals surface area contributed by atoms with Gasteiger partial charge in [0.2, 0.25) is 0 Å². The van der Waals surface area contributed by atoms with Gasteiger partial charge >= 0.3 is 0 Å². The molecule has 4 aliphatic carbocycles. The second-order valence-corrected chi connectivity index (χ2v) is 15.1. The maximum Gasteiger partial charge on any atom is 0.0720 e. The number of hydrogen-bond acceptors (Lipinski definition) is 3. The van der Waals surface area contributed by atoms with Crippen molar-refractivity contribution in [2.45, 2.75) is 88.4 Å². The summed E-state index contributed by atoms with van der Waals surface area (Å²) >= 11 is 4.63. The molecule has 5 fully saturated rings. The summed E-state index contributed by atoms with van der Waals surface area (Å²) < 4.78 is 7.23. The molecule has 1 nitrogen and oxygen atoms in total. The average Bonchev–Trinajstić information content (AvgIpc) is 3.38. The molecule has 0 aromatic heterocycles. The molecule has 1 saturated heterocycles. The molecule has 0 unspecified atom stereocenters. The summed E-state index contributed by atoms with van der Waals surface area (Å²) in [5.41, 5.74) is 2.35. The summed E-state index contributed by atoms with van der Waals surface area (Å²) in [6.07, 6.45) is 13.5. The first kappa shape index (κ1) is 21.4. The summed E-state index contributed by atoms with van der Waals surface area (Å²) in [4.78, 5) is 0. The number of rotatable bonds is 3. The summed E-state index contributed by atoms with van der Waals surface area (Å²) in [7, 11) is 0. The Balaban J connectivity index is 1.17. The molecule has 7 atom stereocenters. The Labute approximate surface area is 198 Å². The van der Waals surface area contributed by atoms with Gasteiger partial charge in [0, 0.05) is 11.5 Å². The Hall–Kier alpha value is -0.120. The van der Waals surface area contributed by atoms with Crippen LogP contribution >= 0.6 is 23.5 Å².